The molecule has 0 fully saturated rings. The van der Waals surface area contributed by atoms with Crippen molar-refractivity contribution in [1.29, 1.82) is 0 Å². The number of nitrogen functional groups attached to an aromatic ring is 1. The zero-order valence-electron chi connectivity index (χ0n) is 7.66. The summed E-state index contributed by atoms with van der Waals surface area (Å²) < 4.78 is 0. The van der Waals surface area contributed by atoms with Gasteiger partial charge in [-0.1, -0.05) is 11.6 Å². The van der Waals surface area contributed by atoms with Gasteiger partial charge < -0.3 is 5.73 Å². The van der Waals surface area contributed by atoms with Gasteiger partial charge >= 0.3 is 0 Å². The number of anilines is 1. The molecule has 2 heterocycles. The Bertz CT molecular complexity index is 659. The Morgan fingerprint density at radius 1 is 1.27 bits per heavy atom. The lowest BCUT2D eigenvalue weighted by Gasteiger charge is -1.97. The van der Waals surface area contributed by atoms with E-state index in [0.717, 1.165) is 16.3 Å². The number of nitrogens with zero attached hydrogens (tertiary/aromatic N) is 2. The van der Waals surface area contributed by atoms with Crippen molar-refractivity contribution >= 4 is 39.4 Å². The van der Waals surface area contributed by atoms with Gasteiger partial charge in [0.1, 0.15) is 5.82 Å². The van der Waals surface area contributed by atoms with E-state index in [0.29, 0.717) is 16.5 Å². The first kappa shape index (κ1) is 8.49. The molecule has 0 aliphatic rings. The molecule has 0 atom stereocenters. The molecule has 0 spiro atoms. The van der Waals surface area contributed by atoms with Crippen LogP contribution in [0.15, 0.2) is 24.3 Å². The Balaban J connectivity index is 2.50. The zero-order chi connectivity index (χ0) is 10.4. The fourth-order valence-corrected chi connectivity index (χ4v) is 1.77. The van der Waals surface area contributed by atoms with Crippen LogP contribution in [0.2, 0.25) is 5.02 Å². The SMILES string of the molecule is Nc1[nH]nc2nc3ccc(Cl)cc3cc12. The predicted octanol–water partition coefficient (Wildman–Crippen LogP) is 2.35. The van der Waals surface area contributed by atoms with E-state index in [-0.39, 0.29) is 0 Å². The first-order valence-electron chi connectivity index (χ1n) is 4.44. The Kier molecular flexibility index (Phi) is 1.61. The van der Waals surface area contributed by atoms with Crippen LogP contribution < -0.4 is 5.73 Å². The van der Waals surface area contributed by atoms with E-state index in [4.69, 9.17) is 17.3 Å². The Morgan fingerprint density at radius 2 is 2.13 bits per heavy atom. The first-order valence-corrected chi connectivity index (χ1v) is 4.82. The Hall–Kier alpha value is -1.81. The summed E-state index contributed by atoms with van der Waals surface area (Å²) in [4.78, 5) is 4.36. The van der Waals surface area contributed by atoms with Gasteiger partial charge in [-0.05, 0) is 24.3 Å². The van der Waals surface area contributed by atoms with E-state index in [1.165, 1.54) is 0 Å². The van der Waals surface area contributed by atoms with Crippen LogP contribution in [0.4, 0.5) is 5.82 Å². The van der Waals surface area contributed by atoms with Crippen LogP contribution in [0.3, 0.4) is 0 Å². The molecule has 2 aromatic heterocycles. The highest BCUT2D eigenvalue weighted by molar-refractivity contribution is 6.31. The molecule has 0 aliphatic heterocycles. The number of halogens is 1. The van der Waals surface area contributed by atoms with Crippen molar-refractivity contribution in [2.75, 3.05) is 5.73 Å². The minimum atomic E-state index is 0.527. The van der Waals surface area contributed by atoms with Gasteiger partial charge in [0, 0.05) is 10.4 Å². The molecule has 5 heteroatoms. The van der Waals surface area contributed by atoms with Crippen molar-refractivity contribution in [2.24, 2.45) is 0 Å². The minimum Gasteiger partial charge on any atom is -0.384 e. The molecule has 4 nitrogen and oxygen atoms in total. The van der Waals surface area contributed by atoms with Gasteiger partial charge in [-0.25, -0.2) is 4.98 Å². The molecule has 0 saturated carbocycles. The average molecular weight is 219 g/mol. The van der Waals surface area contributed by atoms with Gasteiger partial charge in [-0.3, -0.25) is 5.10 Å². The highest BCUT2D eigenvalue weighted by Crippen LogP contribution is 2.24. The smallest absolute Gasteiger partial charge is 0.183 e. The van der Waals surface area contributed by atoms with Crippen molar-refractivity contribution in [3.63, 3.8) is 0 Å². The van der Waals surface area contributed by atoms with Crippen molar-refractivity contribution in [3.8, 4) is 0 Å². The maximum absolute atomic E-state index is 5.90. The molecule has 0 radical (unpaired) electrons. The normalized spacial score (nSPS) is 11.3. The third-order valence-corrected chi connectivity index (χ3v) is 2.56. The van der Waals surface area contributed by atoms with Crippen molar-refractivity contribution in [1.82, 2.24) is 15.2 Å². The summed E-state index contributed by atoms with van der Waals surface area (Å²) in [6.45, 7) is 0. The molecule has 0 unspecified atom stereocenters. The molecule has 3 rings (SSSR count). The number of nitrogens with two attached hydrogens (primary N) is 1. The largest absolute Gasteiger partial charge is 0.384 e. The van der Waals surface area contributed by atoms with Gasteiger partial charge in [0.15, 0.2) is 5.65 Å². The van der Waals surface area contributed by atoms with Gasteiger partial charge in [0.2, 0.25) is 0 Å². The summed E-state index contributed by atoms with van der Waals surface area (Å²) in [5.74, 6) is 0.527. The summed E-state index contributed by atoms with van der Waals surface area (Å²) in [7, 11) is 0. The first-order chi connectivity index (χ1) is 7.24. The quantitative estimate of drug-likeness (QED) is 0.609. The van der Waals surface area contributed by atoms with Crippen molar-refractivity contribution in [3.05, 3.63) is 29.3 Å². The molecule has 0 amide bonds. The van der Waals surface area contributed by atoms with Gasteiger partial charge in [-0.15, -0.1) is 0 Å². The third-order valence-electron chi connectivity index (χ3n) is 2.33. The number of H-pyrrole nitrogens is 1. The summed E-state index contributed by atoms with van der Waals surface area (Å²) in [5, 5.41) is 9.17. The number of fused-ring (bicyclic) bond motifs is 2. The van der Waals surface area contributed by atoms with Gasteiger partial charge in [-0.2, -0.15) is 5.10 Å². The van der Waals surface area contributed by atoms with Crippen LogP contribution in [-0.4, -0.2) is 15.2 Å². The summed E-state index contributed by atoms with van der Waals surface area (Å²) in [6, 6.07) is 7.46. The van der Waals surface area contributed by atoms with E-state index < -0.39 is 0 Å². The highest BCUT2D eigenvalue weighted by Gasteiger charge is 2.05. The number of aromatic amines is 1. The molecule has 3 aromatic rings. The number of rotatable bonds is 0. The lowest BCUT2D eigenvalue weighted by atomic mass is 10.2. The lowest BCUT2D eigenvalue weighted by Crippen LogP contribution is -1.84. The van der Waals surface area contributed by atoms with E-state index in [2.05, 4.69) is 15.2 Å². The van der Waals surface area contributed by atoms with E-state index >= 15 is 0 Å². The molecular formula is C10H7ClN4. The zero-order valence-corrected chi connectivity index (χ0v) is 8.42. The number of hydrogen-bond donors (Lipinski definition) is 2. The molecule has 74 valence electrons. The maximum Gasteiger partial charge on any atom is 0.183 e. The average Bonchev–Trinajstić information content (AvgIpc) is 2.57. The molecule has 3 N–H and O–H groups in total. The van der Waals surface area contributed by atoms with Crippen LogP contribution in [0.5, 0.6) is 0 Å². The van der Waals surface area contributed by atoms with E-state index in [9.17, 15) is 0 Å². The number of hydrogen-bond acceptors (Lipinski definition) is 3. The van der Waals surface area contributed by atoms with Crippen LogP contribution >= 0.6 is 11.6 Å². The standard InChI is InChI=1S/C10H7ClN4/c11-6-1-2-8-5(3-6)4-7-9(12)14-15-10(7)13-8/h1-4H,(H3,12,13,14,15). The second-order valence-corrected chi connectivity index (χ2v) is 3.77. The number of aromatic nitrogens is 3. The Morgan fingerprint density at radius 3 is 3.00 bits per heavy atom. The van der Waals surface area contributed by atoms with Crippen LogP contribution in [0, 0.1) is 0 Å². The molecule has 0 saturated heterocycles. The van der Waals surface area contributed by atoms with Crippen molar-refractivity contribution < 1.29 is 0 Å². The maximum atomic E-state index is 5.90. The lowest BCUT2D eigenvalue weighted by molar-refractivity contribution is 1.11. The second-order valence-electron chi connectivity index (χ2n) is 3.33. The highest BCUT2D eigenvalue weighted by atomic mass is 35.5. The van der Waals surface area contributed by atoms with Crippen LogP contribution in [0.1, 0.15) is 0 Å². The van der Waals surface area contributed by atoms with E-state index in [1.807, 2.05) is 18.2 Å². The van der Waals surface area contributed by atoms with E-state index in [1.54, 1.807) is 6.07 Å². The molecule has 15 heavy (non-hydrogen) atoms. The molecule has 0 aliphatic carbocycles. The fourth-order valence-electron chi connectivity index (χ4n) is 1.59. The second kappa shape index (κ2) is 2.84. The number of pyridine rings is 1. The topological polar surface area (TPSA) is 67.6 Å². The number of benzene rings is 1. The van der Waals surface area contributed by atoms with Crippen LogP contribution in [0.25, 0.3) is 21.9 Å². The fraction of sp³-hybridized carbons (Fsp3) is 0. The Labute approximate surface area is 90.1 Å². The van der Waals surface area contributed by atoms with Crippen LogP contribution in [-0.2, 0) is 0 Å². The predicted molar refractivity (Wildman–Crippen MR) is 60.8 cm³/mol. The minimum absolute atomic E-state index is 0.527. The molecule has 1 aromatic carbocycles. The monoisotopic (exact) mass is 218 g/mol. The summed E-state index contributed by atoms with van der Waals surface area (Å²) >= 11 is 5.90. The summed E-state index contributed by atoms with van der Waals surface area (Å²) in [5.41, 5.74) is 7.20. The van der Waals surface area contributed by atoms with Gasteiger partial charge in [0.25, 0.3) is 0 Å². The summed E-state index contributed by atoms with van der Waals surface area (Å²) in [6.07, 6.45) is 0. The molecule has 0 bridgehead atoms. The van der Waals surface area contributed by atoms with Gasteiger partial charge in [0.05, 0.1) is 10.9 Å². The molecular weight excluding hydrogens is 212 g/mol. The third kappa shape index (κ3) is 1.22. The number of nitrogens with one attached hydrogen (secondary N) is 1. The van der Waals surface area contributed by atoms with Crippen molar-refractivity contribution in [2.45, 2.75) is 0 Å².